The zero-order chi connectivity index (χ0) is 15.4. The Kier molecular flexibility index (Phi) is 4.70. The number of nitro groups is 1. The number of benzene rings is 2. The molecule has 4 nitrogen and oxygen atoms in total. The maximum Gasteiger partial charge on any atom is 0.310 e. The van der Waals surface area contributed by atoms with Crippen LogP contribution in [0.5, 0.6) is 5.75 Å². The van der Waals surface area contributed by atoms with Gasteiger partial charge in [-0.25, -0.2) is 8.78 Å². The largest absolute Gasteiger partial charge is 0.482 e. The Morgan fingerprint density at radius 3 is 2.43 bits per heavy atom. The van der Waals surface area contributed by atoms with E-state index in [-0.39, 0.29) is 22.9 Å². The molecular formula is C14H10ClF2NO3. The second-order valence-electron chi connectivity index (χ2n) is 4.18. The number of nitro benzene ring substituents is 1. The molecule has 0 radical (unpaired) electrons. The van der Waals surface area contributed by atoms with Crippen LogP contribution in [0, 0.1) is 21.7 Å². The highest BCUT2D eigenvalue weighted by Gasteiger charge is 2.17. The van der Waals surface area contributed by atoms with Crippen molar-refractivity contribution in [3.8, 4) is 5.75 Å². The van der Waals surface area contributed by atoms with Crippen molar-refractivity contribution in [2.45, 2.75) is 12.5 Å². The third-order valence-electron chi connectivity index (χ3n) is 2.81. The van der Waals surface area contributed by atoms with Crippen molar-refractivity contribution >= 4 is 17.3 Å². The molecule has 2 rings (SSSR count). The van der Waals surface area contributed by atoms with Gasteiger partial charge in [0.05, 0.1) is 10.5 Å². The molecule has 0 saturated carbocycles. The van der Waals surface area contributed by atoms with Crippen LogP contribution in [0.25, 0.3) is 0 Å². The first-order chi connectivity index (χ1) is 10.0. The highest BCUT2D eigenvalue weighted by molar-refractivity contribution is 6.17. The summed E-state index contributed by atoms with van der Waals surface area (Å²) in [7, 11) is 0. The van der Waals surface area contributed by atoms with Gasteiger partial charge in [0.25, 0.3) is 0 Å². The van der Waals surface area contributed by atoms with E-state index in [4.69, 9.17) is 16.3 Å². The predicted molar refractivity (Wildman–Crippen MR) is 73.3 cm³/mol. The fraction of sp³-hybridized carbons (Fsp3) is 0.143. The summed E-state index contributed by atoms with van der Waals surface area (Å²) in [6.07, 6.45) is 0. The Balaban J connectivity index is 2.28. The Morgan fingerprint density at radius 2 is 1.86 bits per heavy atom. The highest BCUT2D eigenvalue weighted by Crippen LogP contribution is 2.29. The van der Waals surface area contributed by atoms with Gasteiger partial charge in [-0.15, -0.1) is 11.6 Å². The van der Waals surface area contributed by atoms with Crippen LogP contribution >= 0.6 is 11.6 Å². The van der Waals surface area contributed by atoms with Crippen LogP contribution in [0.15, 0.2) is 36.4 Å². The van der Waals surface area contributed by atoms with E-state index in [0.29, 0.717) is 5.56 Å². The molecule has 0 amide bonds. The molecule has 0 N–H and O–H groups in total. The van der Waals surface area contributed by atoms with Crippen LogP contribution in [-0.2, 0) is 12.5 Å². The Hall–Kier alpha value is -2.21. The van der Waals surface area contributed by atoms with Crippen molar-refractivity contribution in [3.63, 3.8) is 0 Å². The molecule has 0 saturated heterocycles. The average molecular weight is 314 g/mol. The van der Waals surface area contributed by atoms with Crippen molar-refractivity contribution in [1.29, 1.82) is 0 Å². The minimum Gasteiger partial charge on any atom is -0.482 e. The number of rotatable bonds is 5. The fourth-order valence-electron chi connectivity index (χ4n) is 1.73. The molecule has 7 heteroatoms. The van der Waals surface area contributed by atoms with Gasteiger partial charge >= 0.3 is 5.69 Å². The maximum atomic E-state index is 13.5. The van der Waals surface area contributed by atoms with Crippen molar-refractivity contribution in [1.82, 2.24) is 0 Å². The number of hydrogen-bond acceptors (Lipinski definition) is 3. The number of alkyl halides is 1. The molecule has 0 aromatic heterocycles. The smallest absolute Gasteiger partial charge is 0.310 e. The summed E-state index contributed by atoms with van der Waals surface area (Å²) in [5, 5.41) is 10.9. The summed E-state index contributed by atoms with van der Waals surface area (Å²) in [6, 6.07) is 7.51. The lowest BCUT2D eigenvalue weighted by Crippen LogP contribution is -2.04. The summed E-state index contributed by atoms with van der Waals surface area (Å²) in [6.45, 7) is -0.453. The van der Waals surface area contributed by atoms with Gasteiger partial charge in [-0.2, -0.15) is 0 Å². The molecule has 0 aliphatic heterocycles. The Bertz CT molecular complexity index is 659. The second-order valence-corrected chi connectivity index (χ2v) is 4.45. The summed E-state index contributed by atoms with van der Waals surface area (Å²) in [5.41, 5.74) is 0.0231. The van der Waals surface area contributed by atoms with Crippen molar-refractivity contribution in [2.24, 2.45) is 0 Å². The standard InChI is InChI=1S/C14H10ClF2NO3/c15-7-9-4-5-13(18(19)20)14(6-9)21-8-10-11(16)2-1-3-12(10)17/h1-6H,7-8H2. The molecule has 21 heavy (non-hydrogen) atoms. The number of halogens is 3. The van der Waals surface area contributed by atoms with Gasteiger partial charge in [-0.3, -0.25) is 10.1 Å². The predicted octanol–water partition coefficient (Wildman–Crippen LogP) is 4.19. The molecule has 110 valence electrons. The normalized spacial score (nSPS) is 10.4. The summed E-state index contributed by atoms with van der Waals surface area (Å²) < 4.78 is 32.2. The van der Waals surface area contributed by atoms with E-state index in [9.17, 15) is 18.9 Å². The summed E-state index contributed by atoms with van der Waals surface area (Å²) >= 11 is 5.65. The molecule has 0 atom stereocenters. The first kappa shape index (κ1) is 15.2. The van der Waals surface area contributed by atoms with Crippen LogP contribution in [0.3, 0.4) is 0 Å². The van der Waals surface area contributed by atoms with Crippen LogP contribution in [-0.4, -0.2) is 4.92 Å². The monoisotopic (exact) mass is 313 g/mol. The number of hydrogen-bond donors (Lipinski definition) is 0. The maximum absolute atomic E-state index is 13.5. The molecule has 0 bridgehead atoms. The quantitative estimate of drug-likeness (QED) is 0.472. The van der Waals surface area contributed by atoms with Crippen molar-refractivity contribution in [2.75, 3.05) is 0 Å². The lowest BCUT2D eigenvalue weighted by atomic mass is 10.2. The SMILES string of the molecule is O=[N+]([O-])c1ccc(CCl)cc1OCc1c(F)cccc1F. The lowest BCUT2D eigenvalue weighted by Gasteiger charge is -2.09. The average Bonchev–Trinajstić information content (AvgIpc) is 2.46. The minimum atomic E-state index is -0.772. The van der Waals surface area contributed by atoms with Gasteiger partial charge in [-0.05, 0) is 23.8 Å². The third-order valence-corrected chi connectivity index (χ3v) is 3.12. The third kappa shape index (κ3) is 3.46. The number of nitrogens with zero attached hydrogens (tertiary/aromatic N) is 1. The number of ether oxygens (including phenoxy) is 1. The van der Waals surface area contributed by atoms with Gasteiger partial charge < -0.3 is 4.74 Å². The fourth-order valence-corrected chi connectivity index (χ4v) is 1.89. The van der Waals surface area contributed by atoms with E-state index in [2.05, 4.69) is 0 Å². The Morgan fingerprint density at radius 1 is 1.19 bits per heavy atom. The molecule has 0 unspecified atom stereocenters. The van der Waals surface area contributed by atoms with Gasteiger partial charge in [0.15, 0.2) is 5.75 Å². The minimum absolute atomic E-state index is 0.0826. The zero-order valence-corrected chi connectivity index (χ0v) is 11.4. The first-order valence-corrected chi connectivity index (χ1v) is 6.45. The van der Waals surface area contributed by atoms with Crippen molar-refractivity contribution < 1.29 is 18.4 Å². The van der Waals surface area contributed by atoms with Crippen LogP contribution in [0.4, 0.5) is 14.5 Å². The van der Waals surface area contributed by atoms with Crippen LogP contribution in [0.1, 0.15) is 11.1 Å². The zero-order valence-electron chi connectivity index (χ0n) is 10.7. The van der Waals surface area contributed by atoms with E-state index < -0.39 is 23.2 Å². The van der Waals surface area contributed by atoms with E-state index in [1.165, 1.54) is 24.3 Å². The molecule has 0 spiro atoms. The van der Waals surface area contributed by atoms with Gasteiger partial charge in [0.1, 0.15) is 18.2 Å². The second kappa shape index (κ2) is 6.49. The van der Waals surface area contributed by atoms with Crippen LogP contribution < -0.4 is 4.74 Å². The van der Waals surface area contributed by atoms with E-state index >= 15 is 0 Å². The van der Waals surface area contributed by atoms with Gasteiger partial charge in [0.2, 0.25) is 0 Å². The van der Waals surface area contributed by atoms with E-state index in [0.717, 1.165) is 12.1 Å². The summed E-state index contributed by atoms with van der Waals surface area (Å²) in [4.78, 5) is 10.3. The topological polar surface area (TPSA) is 52.4 Å². The van der Waals surface area contributed by atoms with Crippen LogP contribution in [0.2, 0.25) is 0 Å². The molecule has 0 aliphatic rings. The van der Waals surface area contributed by atoms with Crippen molar-refractivity contribution in [3.05, 3.63) is 69.3 Å². The van der Waals surface area contributed by atoms with Gasteiger partial charge in [-0.1, -0.05) is 12.1 Å². The molecule has 0 aliphatic carbocycles. The highest BCUT2D eigenvalue weighted by atomic mass is 35.5. The summed E-state index contributed by atoms with van der Waals surface area (Å²) in [5.74, 6) is -1.49. The first-order valence-electron chi connectivity index (χ1n) is 5.92. The molecule has 0 fully saturated rings. The Labute approximate surface area is 124 Å². The van der Waals surface area contributed by atoms with E-state index in [1.807, 2.05) is 0 Å². The van der Waals surface area contributed by atoms with E-state index in [1.54, 1.807) is 0 Å². The molecule has 2 aromatic carbocycles. The molecular weight excluding hydrogens is 304 g/mol. The lowest BCUT2D eigenvalue weighted by molar-refractivity contribution is -0.386. The van der Waals surface area contributed by atoms with Gasteiger partial charge in [0, 0.05) is 11.9 Å². The molecule has 2 aromatic rings. The molecule has 0 heterocycles.